The Kier molecular flexibility index (Phi) is 10.6. The third-order valence-corrected chi connectivity index (χ3v) is 3.93. The standard InChI is InChI=1S/C17H28BrFN4O/c1-4-20-17(21-8-10-23(2)9-5-11-24-3)22-13-14-6-7-15(18)12-16(14)19/h6-7,12H,4-5,8-11,13H2,1-3H3,(H2,20,21,22). The summed E-state index contributed by atoms with van der Waals surface area (Å²) in [5.41, 5.74) is 0.576. The van der Waals surface area contributed by atoms with E-state index < -0.39 is 0 Å². The Bertz CT molecular complexity index is 513. The van der Waals surface area contributed by atoms with E-state index in [4.69, 9.17) is 4.74 Å². The van der Waals surface area contributed by atoms with E-state index in [0.29, 0.717) is 18.1 Å². The quantitative estimate of drug-likeness (QED) is 0.358. The lowest BCUT2D eigenvalue weighted by Gasteiger charge is -2.18. The number of ether oxygens (including phenoxy) is 1. The van der Waals surface area contributed by atoms with Crippen LogP contribution in [0.4, 0.5) is 4.39 Å². The normalized spacial score (nSPS) is 11.8. The summed E-state index contributed by atoms with van der Waals surface area (Å²) in [6.07, 6.45) is 1.02. The molecule has 0 saturated heterocycles. The van der Waals surface area contributed by atoms with Gasteiger partial charge in [0.05, 0.1) is 6.54 Å². The van der Waals surface area contributed by atoms with Gasteiger partial charge in [-0.25, -0.2) is 9.38 Å². The molecule has 0 aliphatic rings. The van der Waals surface area contributed by atoms with Crippen molar-refractivity contribution in [3.63, 3.8) is 0 Å². The highest BCUT2D eigenvalue weighted by Gasteiger charge is 2.04. The maximum absolute atomic E-state index is 13.8. The van der Waals surface area contributed by atoms with Gasteiger partial charge in [-0.2, -0.15) is 0 Å². The molecule has 2 N–H and O–H groups in total. The highest BCUT2D eigenvalue weighted by molar-refractivity contribution is 9.10. The molecule has 0 aliphatic heterocycles. The molecule has 24 heavy (non-hydrogen) atoms. The molecule has 1 aromatic carbocycles. The zero-order valence-corrected chi connectivity index (χ0v) is 16.3. The minimum absolute atomic E-state index is 0.248. The average Bonchev–Trinajstić information content (AvgIpc) is 2.54. The van der Waals surface area contributed by atoms with E-state index in [1.54, 1.807) is 13.2 Å². The third-order valence-electron chi connectivity index (χ3n) is 3.44. The number of nitrogens with one attached hydrogen (secondary N) is 2. The highest BCUT2D eigenvalue weighted by atomic mass is 79.9. The average molecular weight is 403 g/mol. The molecule has 5 nitrogen and oxygen atoms in total. The minimum atomic E-state index is -0.248. The number of hydrogen-bond acceptors (Lipinski definition) is 3. The first-order chi connectivity index (χ1) is 11.6. The molecule has 0 amide bonds. The second-order valence-electron chi connectivity index (χ2n) is 5.51. The fraction of sp³-hybridized carbons (Fsp3) is 0.588. The number of rotatable bonds is 10. The Morgan fingerprint density at radius 2 is 2.12 bits per heavy atom. The third kappa shape index (κ3) is 8.61. The monoisotopic (exact) mass is 402 g/mol. The molecule has 0 aromatic heterocycles. The Balaban J connectivity index is 2.45. The number of nitrogens with zero attached hydrogens (tertiary/aromatic N) is 2. The summed E-state index contributed by atoms with van der Waals surface area (Å²) in [4.78, 5) is 6.69. The van der Waals surface area contributed by atoms with Gasteiger partial charge in [0.25, 0.3) is 0 Å². The lowest BCUT2D eigenvalue weighted by atomic mass is 10.2. The smallest absolute Gasteiger partial charge is 0.191 e. The van der Waals surface area contributed by atoms with Crippen LogP contribution in [0.25, 0.3) is 0 Å². The van der Waals surface area contributed by atoms with Crippen LogP contribution in [-0.2, 0) is 11.3 Å². The van der Waals surface area contributed by atoms with Gasteiger partial charge < -0.3 is 20.3 Å². The van der Waals surface area contributed by atoms with Crippen LogP contribution in [0, 0.1) is 5.82 Å². The maximum Gasteiger partial charge on any atom is 0.191 e. The number of likely N-dealkylation sites (N-methyl/N-ethyl adjacent to an activating group) is 1. The second-order valence-corrected chi connectivity index (χ2v) is 6.42. The first kappa shape index (κ1) is 20.9. The lowest BCUT2D eigenvalue weighted by Crippen LogP contribution is -2.41. The number of aliphatic imine (C=N–C) groups is 1. The van der Waals surface area contributed by atoms with Crippen molar-refractivity contribution in [2.75, 3.05) is 46.9 Å². The van der Waals surface area contributed by atoms with Crippen LogP contribution in [0.5, 0.6) is 0 Å². The summed E-state index contributed by atoms with van der Waals surface area (Å²) in [5, 5.41) is 6.46. The molecule has 0 atom stereocenters. The summed E-state index contributed by atoms with van der Waals surface area (Å²) in [7, 11) is 3.80. The van der Waals surface area contributed by atoms with E-state index >= 15 is 0 Å². The Labute approximate surface area is 152 Å². The number of hydrogen-bond donors (Lipinski definition) is 2. The van der Waals surface area contributed by atoms with E-state index in [1.807, 2.05) is 13.0 Å². The van der Waals surface area contributed by atoms with Crippen molar-refractivity contribution in [1.29, 1.82) is 0 Å². The van der Waals surface area contributed by atoms with Crippen LogP contribution in [0.3, 0.4) is 0 Å². The van der Waals surface area contributed by atoms with Crippen molar-refractivity contribution in [3.05, 3.63) is 34.1 Å². The fourth-order valence-electron chi connectivity index (χ4n) is 2.11. The fourth-order valence-corrected chi connectivity index (χ4v) is 2.44. The molecule has 0 heterocycles. The maximum atomic E-state index is 13.8. The highest BCUT2D eigenvalue weighted by Crippen LogP contribution is 2.15. The SMILES string of the molecule is CCNC(=NCc1ccc(Br)cc1F)NCCN(C)CCCOC. The Morgan fingerprint density at radius 1 is 1.33 bits per heavy atom. The summed E-state index contributed by atoms with van der Waals surface area (Å²) < 4.78 is 19.6. The molecular weight excluding hydrogens is 375 g/mol. The summed E-state index contributed by atoms with van der Waals surface area (Å²) in [5.74, 6) is 0.451. The van der Waals surface area contributed by atoms with Crippen LogP contribution in [0.15, 0.2) is 27.7 Å². The molecule has 0 aliphatic carbocycles. The van der Waals surface area contributed by atoms with Crippen LogP contribution in [-0.4, -0.2) is 57.8 Å². The molecule has 0 bridgehead atoms. The van der Waals surface area contributed by atoms with E-state index in [0.717, 1.165) is 43.7 Å². The minimum Gasteiger partial charge on any atom is -0.385 e. The number of benzene rings is 1. The van der Waals surface area contributed by atoms with Crippen LogP contribution >= 0.6 is 15.9 Å². The van der Waals surface area contributed by atoms with Gasteiger partial charge in [0, 0.05) is 49.9 Å². The van der Waals surface area contributed by atoms with Gasteiger partial charge in [0.15, 0.2) is 5.96 Å². The van der Waals surface area contributed by atoms with Gasteiger partial charge in [-0.1, -0.05) is 22.0 Å². The molecule has 1 aromatic rings. The van der Waals surface area contributed by atoms with Crippen LogP contribution < -0.4 is 10.6 Å². The van der Waals surface area contributed by atoms with E-state index in [9.17, 15) is 4.39 Å². The summed E-state index contributed by atoms with van der Waals surface area (Å²) in [6, 6.07) is 5.03. The first-order valence-electron chi connectivity index (χ1n) is 8.20. The van der Waals surface area contributed by atoms with Crippen molar-refractivity contribution in [2.45, 2.75) is 19.9 Å². The summed E-state index contributed by atoms with van der Waals surface area (Å²) in [6.45, 7) is 6.53. The molecule has 1 rings (SSSR count). The van der Waals surface area contributed by atoms with Crippen molar-refractivity contribution in [3.8, 4) is 0 Å². The van der Waals surface area contributed by atoms with Crippen LogP contribution in [0.2, 0.25) is 0 Å². The predicted molar refractivity (Wildman–Crippen MR) is 101 cm³/mol. The molecular formula is C17H28BrFN4O. The van der Waals surface area contributed by atoms with Crippen molar-refractivity contribution < 1.29 is 9.13 Å². The lowest BCUT2D eigenvalue weighted by molar-refractivity contribution is 0.180. The van der Waals surface area contributed by atoms with E-state index in [2.05, 4.69) is 43.5 Å². The number of guanidine groups is 1. The zero-order chi connectivity index (χ0) is 17.8. The van der Waals surface area contributed by atoms with Gasteiger partial charge in [-0.05, 0) is 32.5 Å². The van der Waals surface area contributed by atoms with Gasteiger partial charge in [-0.15, -0.1) is 0 Å². The van der Waals surface area contributed by atoms with Gasteiger partial charge in [0.1, 0.15) is 5.82 Å². The number of methoxy groups -OCH3 is 1. The molecule has 0 spiro atoms. The molecule has 0 saturated carbocycles. The second kappa shape index (κ2) is 12.2. The van der Waals surface area contributed by atoms with Crippen molar-refractivity contribution in [1.82, 2.24) is 15.5 Å². The van der Waals surface area contributed by atoms with Crippen LogP contribution in [0.1, 0.15) is 18.9 Å². The Hall–Kier alpha value is -1.18. The van der Waals surface area contributed by atoms with Crippen molar-refractivity contribution in [2.24, 2.45) is 4.99 Å². The number of halogens is 2. The molecule has 136 valence electrons. The summed E-state index contributed by atoms with van der Waals surface area (Å²) >= 11 is 3.26. The topological polar surface area (TPSA) is 48.9 Å². The molecule has 0 unspecified atom stereocenters. The molecule has 7 heteroatoms. The van der Waals surface area contributed by atoms with E-state index in [1.165, 1.54) is 6.07 Å². The molecule has 0 fully saturated rings. The van der Waals surface area contributed by atoms with Gasteiger partial charge >= 0.3 is 0 Å². The van der Waals surface area contributed by atoms with Gasteiger partial charge in [0.2, 0.25) is 0 Å². The predicted octanol–water partition coefficient (Wildman–Crippen LogP) is 2.61. The molecule has 0 radical (unpaired) electrons. The zero-order valence-electron chi connectivity index (χ0n) is 14.7. The van der Waals surface area contributed by atoms with Crippen molar-refractivity contribution >= 4 is 21.9 Å². The van der Waals surface area contributed by atoms with E-state index in [-0.39, 0.29) is 5.82 Å². The Morgan fingerprint density at radius 3 is 2.79 bits per heavy atom. The van der Waals surface area contributed by atoms with Gasteiger partial charge in [-0.3, -0.25) is 0 Å². The first-order valence-corrected chi connectivity index (χ1v) is 8.99. The largest absolute Gasteiger partial charge is 0.385 e.